The van der Waals surface area contributed by atoms with Gasteiger partial charge in [-0.05, 0) is 38.7 Å². The normalized spacial score (nSPS) is 17.5. The van der Waals surface area contributed by atoms with Gasteiger partial charge in [0.15, 0.2) is 0 Å². The van der Waals surface area contributed by atoms with Crippen molar-refractivity contribution in [2.75, 3.05) is 27.2 Å². The average Bonchev–Trinajstić information content (AvgIpc) is 3.22. The fourth-order valence-corrected chi connectivity index (χ4v) is 3.79. The van der Waals surface area contributed by atoms with Gasteiger partial charge in [-0.3, -0.25) is 9.59 Å². The molecule has 1 unspecified atom stereocenters. The summed E-state index contributed by atoms with van der Waals surface area (Å²) in [6.45, 7) is 4.46. The van der Waals surface area contributed by atoms with Gasteiger partial charge >= 0.3 is 0 Å². The minimum atomic E-state index is -1.37. The lowest BCUT2D eigenvalue weighted by Gasteiger charge is -2.36. The van der Waals surface area contributed by atoms with Crippen LogP contribution < -0.4 is 5.32 Å². The van der Waals surface area contributed by atoms with E-state index in [0.717, 1.165) is 18.2 Å². The van der Waals surface area contributed by atoms with Gasteiger partial charge in [-0.15, -0.1) is 5.10 Å². The summed E-state index contributed by atoms with van der Waals surface area (Å²) in [4.78, 5) is 27.3. The Kier molecular flexibility index (Phi) is 8.56. The molecule has 35 heavy (non-hydrogen) atoms. The van der Waals surface area contributed by atoms with Crippen molar-refractivity contribution in [1.29, 1.82) is 0 Å². The molecule has 9 heteroatoms. The molecule has 0 fully saturated rings. The first-order valence-electron chi connectivity index (χ1n) is 11.7. The van der Waals surface area contributed by atoms with E-state index < -0.39 is 23.3 Å². The van der Waals surface area contributed by atoms with Crippen molar-refractivity contribution in [1.82, 2.24) is 15.2 Å². The molecule has 0 aliphatic carbocycles. The van der Waals surface area contributed by atoms with Gasteiger partial charge in [-0.2, -0.15) is 5.01 Å². The van der Waals surface area contributed by atoms with Crippen LogP contribution in [0, 0.1) is 17.6 Å². The Morgan fingerprint density at radius 3 is 2.51 bits per heavy atom. The van der Waals surface area contributed by atoms with Crippen LogP contribution in [0.4, 0.5) is 8.78 Å². The number of hydrogen-bond donors (Lipinski definition) is 1. The summed E-state index contributed by atoms with van der Waals surface area (Å²) in [6, 6.07) is 12.1. The number of ether oxygens (including phenoxy) is 1. The molecule has 0 bridgehead atoms. The topological polar surface area (TPSA) is 74.2 Å². The molecular weight excluding hydrogens is 454 g/mol. The molecule has 1 aliphatic heterocycles. The van der Waals surface area contributed by atoms with Gasteiger partial charge in [-0.1, -0.05) is 44.2 Å². The summed E-state index contributed by atoms with van der Waals surface area (Å²) in [5, 5.41) is 8.47. The lowest BCUT2D eigenvalue weighted by molar-refractivity contribution is -0.156. The van der Waals surface area contributed by atoms with Gasteiger partial charge in [-0.25, -0.2) is 8.78 Å². The highest BCUT2D eigenvalue weighted by Crippen LogP contribution is 2.41. The van der Waals surface area contributed by atoms with Crippen LogP contribution in [0.5, 0.6) is 0 Å². The van der Waals surface area contributed by atoms with Gasteiger partial charge < -0.3 is 15.0 Å². The first kappa shape index (κ1) is 26.3. The van der Waals surface area contributed by atoms with Crippen LogP contribution >= 0.6 is 0 Å². The van der Waals surface area contributed by atoms with E-state index in [-0.39, 0.29) is 29.7 Å². The van der Waals surface area contributed by atoms with Crippen molar-refractivity contribution in [2.45, 2.75) is 38.8 Å². The molecule has 0 radical (unpaired) electrons. The number of carbonyl (C=O) groups excluding carboxylic acids is 2. The molecule has 7 nitrogen and oxygen atoms in total. The number of nitrogens with zero attached hydrogens (tertiary/aromatic N) is 3. The lowest BCUT2D eigenvalue weighted by Crippen LogP contribution is -2.47. The summed E-state index contributed by atoms with van der Waals surface area (Å²) >= 11 is 0. The summed E-state index contributed by atoms with van der Waals surface area (Å²) in [5.41, 5.74) is -0.893. The van der Waals surface area contributed by atoms with Crippen LogP contribution in [0.1, 0.15) is 44.2 Å². The fraction of sp³-hybridized carbons (Fsp3) is 0.423. The summed E-state index contributed by atoms with van der Waals surface area (Å²) < 4.78 is 34.8. The quantitative estimate of drug-likeness (QED) is 0.518. The van der Waals surface area contributed by atoms with Crippen LogP contribution in [0.2, 0.25) is 0 Å². The van der Waals surface area contributed by atoms with Crippen molar-refractivity contribution in [3.8, 4) is 0 Å². The van der Waals surface area contributed by atoms with Gasteiger partial charge in [0.25, 0.3) is 0 Å². The number of hydrogen-bond acceptors (Lipinski definition) is 5. The van der Waals surface area contributed by atoms with E-state index in [0.29, 0.717) is 31.5 Å². The van der Waals surface area contributed by atoms with Crippen molar-refractivity contribution < 1.29 is 23.1 Å². The zero-order valence-corrected chi connectivity index (χ0v) is 20.6. The Hall–Kier alpha value is -3.33. The van der Waals surface area contributed by atoms with Gasteiger partial charge in [0.1, 0.15) is 11.6 Å². The Morgan fingerprint density at radius 2 is 1.86 bits per heavy atom. The van der Waals surface area contributed by atoms with Crippen LogP contribution in [0.3, 0.4) is 0 Å². The Morgan fingerprint density at radius 1 is 1.14 bits per heavy atom. The fourth-order valence-electron chi connectivity index (χ4n) is 3.79. The third kappa shape index (κ3) is 6.22. The van der Waals surface area contributed by atoms with Crippen LogP contribution in [0.25, 0.3) is 0 Å². The van der Waals surface area contributed by atoms with Crippen LogP contribution in [-0.2, 0) is 20.1 Å². The monoisotopic (exact) mass is 486 g/mol. The number of halogens is 2. The number of benzene rings is 2. The minimum Gasteiger partial charge on any atom is -0.443 e. The van der Waals surface area contributed by atoms with E-state index >= 15 is 0 Å². The van der Waals surface area contributed by atoms with Gasteiger partial charge in [0.05, 0.1) is 5.56 Å². The predicted molar refractivity (Wildman–Crippen MR) is 129 cm³/mol. The first-order chi connectivity index (χ1) is 16.6. The van der Waals surface area contributed by atoms with Crippen molar-refractivity contribution in [2.24, 2.45) is 11.0 Å². The number of hydrazone groups is 1. The highest BCUT2D eigenvalue weighted by molar-refractivity contribution is 5.97. The smallest absolute Gasteiger partial charge is 0.249 e. The number of carbonyl (C=O) groups is 2. The second-order valence-corrected chi connectivity index (χ2v) is 9.09. The molecule has 0 aromatic heterocycles. The van der Waals surface area contributed by atoms with E-state index in [4.69, 9.17) is 4.74 Å². The first-order valence-corrected chi connectivity index (χ1v) is 11.7. The van der Waals surface area contributed by atoms with Crippen molar-refractivity contribution >= 4 is 17.7 Å². The maximum absolute atomic E-state index is 14.6. The summed E-state index contributed by atoms with van der Waals surface area (Å²) in [5.74, 6) is -2.35. The molecule has 1 atom stereocenters. The number of amides is 2. The van der Waals surface area contributed by atoms with E-state index in [1.165, 1.54) is 5.01 Å². The number of nitrogens with one attached hydrogen (secondary N) is 1. The van der Waals surface area contributed by atoms with E-state index in [1.54, 1.807) is 26.0 Å². The largest absolute Gasteiger partial charge is 0.443 e. The maximum atomic E-state index is 14.6. The SMILES string of the molecule is CC(C)C(=O)N1N=C(c2cc(F)ccc2F)OC1(CCCNC(=O)CCN(C)C)c1ccccc1. The standard InChI is InChI=1S/C26H32F2N4O3/c1-18(2)25(34)32-26(19-9-6-5-7-10-19,14-8-15-29-23(33)13-16-31(3)4)35-24(30-32)21-17-20(27)11-12-22(21)28/h5-7,9-12,17-18H,8,13-16H2,1-4H3,(H,29,33). The lowest BCUT2D eigenvalue weighted by atomic mass is 9.95. The third-order valence-corrected chi connectivity index (χ3v) is 5.69. The van der Waals surface area contributed by atoms with Gasteiger partial charge in [0, 0.05) is 37.4 Å². The Labute approximate surface area is 204 Å². The zero-order valence-electron chi connectivity index (χ0n) is 20.6. The molecule has 2 aromatic carbocycles. The molecular formula is C26H32F2N4O3. The molecule has 1 N–H and O–H groups in total. The highest BCUT2D eigenvalue weighted by atomic mass is 19.1. The van der Waals surface area contributed by atoms with Crippen molar-refractivity contribution in [3.05, 3.63) is 71.3 Å². The average molecular weight is 487 g/mol. The molecule has 188 valence electrons. The minimum absolute atomic E-state index is 0.0753. The second kappa shape index (κ2) is 11.4. The van der Waals surface area contributed by atoms with Crippen LogP contribution in [-0.4, -0.2) is 54.8 Å². The summed E-state index contributed by atoms with van der Waals surface area (Å²) in [6.07, 6.45) is 1.10. The molecule has 2 aromatic rings. The molecule has 3 rings (SSSR count). The van der Waals surface area contributed by atoms with E-state index in [2.05, 4.69) is 10.4 Å². The predicted octanol–water partition coefficient (Wildman–Crippen LogP) is 3.84. The Bertz CT molecular complexity index is 1080. The van der Waals surface area contributed by atoms with Gasteiger partial charge in [0.2, 0.25) is 23.4 Å². The van der Waals surface area contributed by atoms with E-state index in [1.807, 2.05) is 37.2 Å². The highest BCUT2D eigenvalue weighted by Gasteiger charge is 2.50. The van der Waals surface area contributed by atoms with E-state index in [9.17, 15) is 18.4 Å². The second-order valence-electron chi connectivity index (χ2n) is 9.09. The maximum Gasteiger partial charge on any atom is 0.249 e. The van der Waals surface area contributed by atoms with Crippen LogP contribution in [0.15, 0.2) is 53.6 Å². The summed E-state index contributed by atoms with van der Waals surface area (Å²) in [7, 11) is 3.79. The molecule has 0 saturated heterocycles. The third-order valence-electron chi connectivity index (χ3n) is 5.69. The van der Waals surface area contributed by atoms with Crippen molar-refractivity contribution in [3.63, 3.8) is 0 Å². The zero-order chi connectivity index (χ0) is 25.6. The molecule has 1 aliphatic rings. The number of rotatable bonds is 10. The molecule has 0 saturated carbocycles. The molecule has 0 spiro atoms. The Balaban J connectivity index is 1.91. The molecule has 1 heterocycles. The molecule has 2 amide bonds.